The summed E-state index contributed by atoms with van der Waals surface area (Å²) in [6.07, 6.45) is -0.527. The van der Waals surface area contributed by atoms with Crippen molar-refractivity contribution in [2.45, 2.75) is 32.7 Å². The molecule has 0 radical (unpaired) electrons. The van der Waals surface area contributed by atoms with Crippen molar-refractivity contribution in [1.29, 1.82) is 0 Å². The van der Waals surface area contributed by atoms with E-state index in [1.807, 2.05) is 30.3 Å². The molecule has 2 aromatic rings. The Bertz CT molecular complexity index is 1420. The van der Waals surface area contributed by atoms with E-state index in [0.717, 1.165) is 17.0 Å². The maximum absolute atomic E-state index is 13.5. The molecule has 214 valence electrons. The largest absolute Gasteiger partial charge is 0.501 e. The summed E-state index contributed by atoms with van der Waals surface area (Å²) in [5.41, 5.74) is -6.11. The molecule has 0 aliphatic carbocycles. The summed E-state index contributed by atoms with van der Waals surface area (Å²) in [6.45, 7) is 2.83. The van der Waals surface area contributed by atoms with E-state index in [4.69, 9.17) is 10.2 Å². The van der Waals surface area contributed by atoms with Crippen LogP contribution in [0.4, 0.5) is 23.7 Å². The number of thioether (sulfide) groups is 1. The van der Waals surface area contributed by atoms with Gasteiger partial charge in [-0.3, -0.25) is 0 Å². The van der Waals surface area contributed by atoms with Crippen LogP contribution in [0.25, 0.3) is 0 Å². The summed E-state index contributed by atoms with van der Waals surface area (Å²) in [4.78, 5) is 13.4. The number of nitrogens with two attached hydrogens (primary N) is 1. The minimum Gasteiger partial charge on any atom is -0.465 e. The van der Waals surface area contributed by atoms with Crippen molar-refractivity contribution < 1.29 is 39.9 Å². The molecule has 0 bridgehead atoms. The molecule has 2 aromatic carbocycles. The molecular weight excluding hydrogens is 581 g/mol. The van der Waals surface area contributed by atoms with Gasteiger partial charge in [0.25, 0.3) is 9.84 Å². The van der Waals surface area contributed by atoms with E-state index in [9.17, 15) is 34.8 Å². The van der Waals surface area contributed by atoms with Crippen molar-refractivity contribution in [2.75, 3.05) is 43.8 Å². The fraction of sp³-hybridized carbons (Fsp3) is 0.435. The van der Waals surface area contributed by atoms with Crippen LogP contribution in [0.15, 0.2) is 63.2 Å². The van der Waals surface area contributed by atoms with Crippen LogP contribution in [0.1, 0.15) is 6.42 Å². The van der Waals surface area contributed by atoms with Gasteiger partial charge in [0.2, 0.25) is 10.0 Å². The number of anilines is 1. The Morgan fingerprint density at radius 1 is 1.08 bits per heavy atom. The van der Waals surface area contributed by atoms with E-state index in [1.54, 1.807) is 0 Å². The second-order valence-electron chi connectivity index (χ2n) is 9.76. The molecule has 1 spiro atoms. The standard InChI is InChI=1S/C23H27F3N4O6S3/c24-23(25,26)38(33,34)20-10-18(39(27,35)36)6-7-19(20)28-16(11-37-17-4-2-1-3-5-17)8-9-29-12-22(13-29)14-30(15-22)21(31)32/h1-7,10,16,28H,8-9,11-15H2,(H,31,32)(H2,27,35,36)/t16-/m1/s1. The first-order chi connectivity index (χ1) is 18.1. The summed E-state index contributed by atoms with van der Waals surface area (Å²) in [5, 5.41) is 17.0. The fourth-order valence-corrected chi connectivity index (χ4v) is 7.33. The van der Waals surface area contributed by atoms with Crippen molar-refractivity contribution >= 4 is 43.4 Å². The van der Waals surface area contributed by atoms with Gasteiger partial charge >= 0.3 is 11.6 Å². The molecule has 10 nitrogen and oxygen atoms in total. The van der Waals surface area contributed by atoms with Gasteiger partial charge in [-0.1, -0.05) is 18.2 Å². The minimum atomic E-state index is -5.90. The first kappa shape index (κ1) is 29.5. The lowest BCUT2D eigenvalue weighted by Crippen LogP contribution is -2.72. The highest BCUT2D eigenvalue weighted by molar-refractivity contribution is 7.99. The number of halogens is 3. The fourth-order valence-electron chi connectivity index (χ4n) is 4.77. The molecule has 2 saturated heterocycles. The molecule has 16 heteroatoms. The molecule has 2 heterocycles. The summed E-state index contributed by atoms with van der Waals surface area (Å²) in [6, 6.07) is 11.1. The highest BCUT2D eigenvalue weighted by atomic mass is 32.2. The van der Waals surface area contributed by atoms with Crippen molar-refractivity contribution in [3.8, 4) is 0 Å². The Labute approximate surface area is 228 Å². The zero-order chi connectivity index (χ0) is 28.6. The highest BCUT2D eigenvalue weighted by Gasteiger charge is 2.53. The van der Waals surface area contributed by atoms with Gasteiger partial charge in [-0.15, -0.1) is 11.8 Å². The van der Waals surface area contributed by atoms with Gasteiger partial charge < -0.3 is 20.2 Å². The molecule has 0 saturated carbocycles. The number of alkyl halides is 3. The van der Waals surface area contributed by atoms with E-state index in [2.05, 4.69) is 10.2 Å². The Balaban J connectivity index is 1.53. The maximum Gasteiger partial charge on any atom is 0.501 e. The molecule has 0 unspecified atom stereocenters. The number of hydrogen-bond donors (Lipinski definition) is 3. The molecular formula is C23H27F3N4O6S3. The summed E-state index contributed by atoms with van der Waals surface area (Å²) in [7, 11) is -10.4. The lowest BCUT2D eigenvalue weighted by Gasteiger charge is -2.59. The van der Waals surface area contributed by atoms with Crippen LogP contribution in [0.2, 0.25) is 0 Å². The van der Waals surface area contributed by atoms with Gasteiger partial charge in [-0.2, -0.15) is 13.2 Å². The number of amides is 1. The average molecular weight is 609 g/mol. The predicted molar refractivity (Wildman–Crippen MR) is 139 cm³/mol. The number of sulfonamides is 1. The van der Waals surface area contributed by atoms with Crippen molar-refractivity contribution in [3.05, 3.63) is 48.5 Å². The number of hydrogen-bond acceptors (Lipinski definition) is 8. The van der Waals surface area contributed by atoms with Crippen LogP contribution in [0.3, 0.4) is 0 Å². The third-order valence-corrected chi connectivity index (χ3v) is 10.3. The zero-order valence-electron chi connectivity index (χ0n) is 20.5. The van der Waals surface area contributed by atoms with Gasteiger partial charge in [-0.25, -0.2) is 26.8 Å². The molecule has 0 aromatic heterocycles. The zero-order valence-corrected chi connectivity index (χ0v) is 22.9. The summed E-state index contributed by atoms with van der Waals surface area (Å²) >= 11 is 1.43. The van der Waals surface area contributed by atoms with Gasteiger partial charge in [0.05, 0.1) is 10.6 Å². The second-order valence-corrected chi connectivity index (χ2v) is 14.3. The smallest absolute Gasteiger partial charge is 0.465 e. The molecule has 1 amide bonds. The number of benzene rings is 2. The quantitative estimate of drug-likeness (QED) is 0.346. The number of carboxylic acid groups (broad SMARTS) is 1. The second kappa shape index (κ2) is 10.8. The topological polar surface area (TPSA) is 150 Å². The third kappa shape index (κ3) is 6.62. The predicted octanol–water partition coefficient (Wildman–Crippen LogP) is 2.89. The minimum absolute atomic E-state index is 0.0718. The Hall–Kier alpha value is -2.53. The number of nitrogens with zero attached hydrogens (tertiary/aromatic N) is 2. The first-order valence-electron chi connectivity index (χ1n) is 11.7. The van der Waals surface area contributed by atoms with Crippen LogP contribution in [0.5, 0.6) is 0 Å². The molecule has 2 aliphatic heterocycles. The average Bonchev–Trinajstić information content (AvgIpc) is 2.79. The van der Waals surface area contributed by atoms with Gasteiger partial charge in [0, 0.05) is 54.8 Å². The number of primary sulfonamides is 1. The van der Waals surface area contributed by atoms with E-state index in [-0.39, 0.29) is 11.1 Å². The van der Waals surface area contributed by atoms with E-state index < -0.39 is 47.3 Å². The number of rotatable bonds is 10. The normalized spacial score (nSPS) is 18.3. The Morgan fingerprint density at radius 3 is 2.28 bits per heavy atom. The summed E-state index contributed by atoms with van der Waals surface area (Å²) in [5.74, 6) is 0.373. The van der Waals surface area contributed by atoms with Crippen molar-refractivity contribution in [2.24, 2.45) is 10.6 Å². The number of carbonyl (C=O) groups is 1. The summed E-state index contributed by atoms with van der Waals surface area (Å²) < 4.78 is 88.7. The molecule has 2 fully saturated rings. The number of nitrogens with one attached hydrogen (secondary N) is 1. The van der Waals surface area contributed by atoms with E-state index in [0.29, 0.717) is 51.0 Å². The Morgan fingerprint density at radius 2 is 1.72 bits per heavy atom. The lowest BCUT2D eigenvalue weighted by atomic mass is 9.73. The van der Waals surface area contributed by atoms with Crippen LogP contribution < -0.4 is 10.5 Å². The van der Waals surface area contributed by atoms with Gasteiger partial charge in [0.1, 0.15) is 4.90 Å². The Kier molecular flexibility index (Phi) is 8.16. The number of sulfone groups is 1. The highest BCUT2D eigenvalue weighted by Crippen LogP contribution is 2.40. The SMILES string of the molecule is NS(=O)(=O)c1ccc(N[C@H](CCN2CC3(C2)CN(C(=O)O)C3)CSc2ccccc2)c(S(=O)(=O)C(F)(F)F)c1. The van der Waals surface area contributed by atoms with Crippen LogP contribution in [-0.4, -0.2) is 87.9 Å². The van der Waals surface area contributed by atoms with Crippen LogP contribution in [-0.2, 0) is 19.9 Å². The van der Waals surface area contributed by atoms with Crippen LogP contribution in [0, 0.1) is 5.41 Å². The monoisotopic (exact) mass is 608 g/mol. The molecule has 4 N–H and O–H groups in total. The maximum atomic E-state index is 13.5. The molecule has 1 atom stereocenters. The third-order valence-electron chi connectivity index (χ3n) is 6.66. The van der Waals surface area contributed by atoms with Crippen LogP contribution >= 0.6 is 11.8 Å². The van der Waals surface area contributed by atoms with Gasteiger partial charge in [-0.05, 0) is 36.8 Å². The number of likely N-dealkylation sites (tertiary alicyclic amines) is 2. The molecule has 4 rings (SSSR count). The van der Waals surface area contributed by atoms with E-state index >= 15 is 0 Å². The van der Waals surface area contributed by atoms with E-state index in [1.165, 1.54) is 16.7 Å². The molecule has 39 heavy (non-hydrogen) atoms. The van der Waals surface area contributed by atoms with Crippen molar-refractivity contribution in [1.82, 2.24) is 9.80 Å². The van der Waals surface area contributed by atoms with Gasteiger partial charge in [0.15, 0.2) is 0 Å². The molecule has 2 aliphatic rings. The van der Waals surface area contributed by atoms with Crippen molar-refractivity contribution in [3.63, 3.8) is 0 Å². The first-order valence-corrected chi connectivity index (χ1v) is 15.7. The lowest BCUT2D eigenvalue weighted by molar-refractivity contribution is -0.101.